The zero-order chi connectivity index (χ0) is 28.7. The minimum absolute atomic E-state index is 0.123. The van der Waals surface area contributed by atoms with Crippen molar-refractivity contribution in [1.29, 1.82) is 0 Å². The zero-order valence-electron chi connectivity index (χ0n) is 23.5. The van der Waals surface area contributed by atoms with E-state index in [-0.39, 0.29) is 23.6 Å². The number of likely N-dealkylation sites (N-methyl/N-ethyl adjacent to an activating group) is 2. The molecule has 3 rings (SSSR count). The van der Waals surface area contributed by atoms with Gasteiger partial charge in [-0.15, -0.1) is 0 Å². The number of ether oxygens (including phenoxy) is 1. The third kappa shape index (κ3) is 7.72. The molecule has 7 nitrogen and oxygen atoms in total. The van der Waals surface area contributed by atoms with E-state index in [4.69, 9.17) is 16.3 Å². The molecule has 0 aromatic heterocycles. The Morgan fingerprint density at radius 1 is 1.00 bits per heavy atom. The van der Waals surface area contributed by atoms with Gasteiger partial charge in [-0.05, 0) is 74.4 Å². The summed E-state index contributed by atoms with van der Waals surface area (Å²) in [5.41, 5.74) is 1.11. The third-order valence-electron chi connectivity index (χ3n) is 7.13. The van der Waals surface area contributed by atoms with E-state index in [0.29, 0.717) is 79.4 Å². The Kier molecular flexibility index (Phi) is 10.7. The molecule has 0 aliphatic carbocycles. The van der Waals surface area contributed by atoms with E-state index in [1.807, 2.05) is 13.8 Å². The molecule has 2 aromatic carbocycles. The van der Waals surface area contributed by atoms with Gasteiger partial charge in [-0.3, -0.25) is 14.4 Å². The molecular formula is C30H39ClFN3O4. The van der Waals surface area contributed by atoms with Crippen molar-refractivity contribution >= 4 is 29.3 Å². The van der Waals surface area contributed by atoms with Crippen molar-refractivity contribution in [2.45, 2.75) is 52.5 Å². The van der Waals surface area contributed by atoms with Crippen LogP contribution in [0.5, 0.6) is 5.75 Å². The zero-order valence-corrected chi connectivity index (χ0v) is 24.3. The van der Waals surface area contributed by atoms with Gasteiger partial charge in [0.15, 0.2) is 0 Å². The molecule has 0 unspecified atom stereocenters. The number of halogens is 2. The van der Waals surface area contributed by atoms with Crippen LogP contribution in [0, 0.1) is 18.7 Å². The lowest BCUT2D eigenvalue weighted by atomic mass is 10.00. The fourth-order valence-electron chi connectivity index (χ4n) is 4.81. The van der Waals surface area contributed by atoms with Gasteiger partial charge in [0.05, 0.1) is 12.2 Å². The fourth-order valence-corrected chi connectivity index (χ4v) is 4.98. The number of aryl methyl sites for hydroxylation is 1. The van der Waals surface area contributed by atoms with E-state index in [1.165, 1.54) is 11.0 Å². The number of amides is 3. The van der Waals surface area contributed by atoms with Gasteiger partial charge < -0.3 is 19.4 Å². The van der Waals surface area contributed by atoms with Gasteiger partial charge in [0.1, 0.15) is 17.6 Å². The van der Waals surface area contributed by atoms with Gasteiger partial charge in [0.2, 0.25) is 5.91 Å². The first-order valence-electron chi connectivity index (χ1n) is 13.5. The highest BCUT2D eigenvalue weighted by Crippen LogP contribution is 2.26. The van der Waals surface area contributed by atoms with E-state index < -0.39 is 11.9 Å². The second kappa shape index (κ2) is 13.8. The lowest BCUT2D eigenvalue weighted by Crippen LogP contribution is -2.51. The van der Waals surface area contributed by atoms with Crippen LogP contribution in [0.1, 0.15) is 65.8 Å². The molecule has 39 heavy (non-hydrogen) atoms. The summed E-state index contributed by atoms with van der Waals surface area (Å²) in [6, 6.07) is 8.78. The van der Waals surface area contributed by atoms with Crippen molar-refractivity contribution in [2.75, 3.05) is 40.3 Å². The van der Waals surface area contributed by atoms with Crippen molar-refractivity contribution in [3.63, 3.8) is 0 Å². The van der Waals surface area contributed by atoms with Crippen LogP contribution >= 0.6 is 11.6 Å². The summed E-state index contributed by atoms with van der Waals surface area (Å²) in [7, 11) is 3.37. The Balaban J connectivity index is 1.86. The molecule has 0 bridgehead atoms. The maximum absolute atomic E-state index is 14.2. The van der Waals surface area contributed by atoms with Gasteiger partial charge in [0.25, 0.3) is 11.8 Å². The summed E-state index contributed by atoms with van der Waals surface area (Å²) in [4.78, 5) is 45.1. The highest BCUT2D eigenvalue weighted by Gasteiger charge is 2.33. The van der Waals surface area contributed by atoms with Crippen molar-refractivity contribution in [3.8, 4) is 5.75 Å². The van der Waals surface area contributed by atoms with Crippen LogP contribution in [0.15, 0.2) is 36.4 Å². The average molecular weight is 560 g/mol. The van der Waals surface area contributed by atoms with Crippen molar-refractivity contribution in [2.24, 2.45) is 5.92 Å². The smallest absolute Gasteiger partial charge is 0.258 e. The van der Waals surface area contributed by atoms with E-state index in [9.17, 15) is 18.8 Å². The third-order valence-corrected chi connectivity index (χ3v) is 7.36. The van der Waals surface area contributed by atoms with E-state index in [1.54, 1.807) is 61.2 Å². The topological polar surface area (TPSA) is 70.2 Å². The first-order valence-corrected chi connectivity index (χ1v) is 13.9. The molecule has 1 atom stereocenters. The van der Waals surface area contributed by atoms with Crippen LogP contribution < -0.4 is 4.74 Å². The maximum atomic E-state index is 14.2. The first kappa shape index (κ1) is 30.4. The van der Waals surface area contributed by atoms with Crippen LogP contribution in [-0.2, 0) is 4.79 Å². The Labute approximate surface area is 235 Å². The molecule has 1 aliphatic rings. The standard InChI is InChI=1S/C30H39ClFN3O4/c1-20(2)27-30(38)33(4)14-6-7-15-35(28(36)22-11-10-21(3)25(32)18-22)16-8-9-17-39-26-13-12-23(31)19-24(26)29(37)34(27)5/h10-13,18-20,27H,6-9,14-17H2,1-5H3/t27-/m0/s1. The SMILES string of the molecule is Cc1ccc(C(=O)N2CCCCOc3ccc(Cl)cc3C(=O)N(C)[C@@H](C(C)C)C(=O)N(C)CCCC2)cc1F. The number of nitrogens with zero attached hydrogens (tertiary/aromatic N) is 3. The summed E-state index contributed by atoms with van der Waals surface area (Å²) < 4.78 is 20.2. The number of hydrogen-bond acceptors (Lipinski definition) is 4. The number of carbonyl (C=O) groups excluding carboxylic acids is 3. The van der Waals surface area contributed by atoms with Crippen LogP contribution in [0.4, 0.5) is 4.39 Å². The number of hydrogen-bond donors (Lipinski definition) is 0. The van der Waals surface area contributed by atoms with E-state index in [2.05, 4.69) is 0 Å². The second-order valence-corrected chi connectivity index (χ2v) is 11.0. The predicted molar refractivity (Wildman–Crippen MR) is 151 cm³/mol. The Bertz CT molecular complexity index is 1190. The molecule has 0 fully saturated rings. The molecule has 0 saturated heterocycles. The summed E-state index contributed by atoms with van der Waals surface area (Å²) in [5, 5.41) is 0.399. The highest BCUT2D eigenvalue weighted by atomic mass is 35.5. The lowest BCUT2D eigenvalue weighted by molar-refractivity contribution is -0.136. The molecular weight excluding hydrogens is 521 g/mol. The van der Waals surface area contributed by atoms with Gasteiger partial charge >= 0.3 is 0 Å². The first-order chi connectivity index (χ1) is 18.5. The van der Waals surface area contributed by atoms with Crippen LogP contribution in [0.2, 0.25) is 5.02 Å². The quantitative estimate of drug-likeness (QED) is 0.491. The molecule has 0 N–H and O–H groups in total. The van der Waals surface area contributed by atoms with Gasteiger partial charge in [0, 0.05) is 44.3 Å². The lowest BCUT2D eigenvalue weighted by Gasteiger charge is -2.33. The molecule has 9 heteroatoms. The Hall–Kier alpha value is -3.13. The fraction of sp³-hybridized carbons (Fsp3) is 0.500. The molecule has 1 heterocycles. The van der Waals surface area contributed by atoms with Crippen LogP contribution in [-0.4, -0.2) is 78.8 Å². The number of fused-ring (bicyclic) bond motifs is 1. The second-order valence-electron chi connectivity index (χ2n) is 10.5. The van der Waals surface area contributed by atoms with E-state index >= 15 is 0 Å². The summed E-state index contributed by atoms with van der Waals surface area (Å²) in [6.07, 6.45) is 2.68. The molecule has 212 valence electrons. The predicted octanol–water partition coefficient (Wildman–Crippen LogP) is 5.44. The van der Waals surface area contributed by atoms with Crippen molar-refractivity contribution in [1.82, 2.24) is 14.7 Å². The van der Waals surface area contributed by atoms with Gasteiger partial charge in [-0.1, -0.05) is 31.5 Å². The van der Waals surface area contributed by atoms with Gasteiger partial charge in [-0.25, -0.2) is 4.39 Å². The minimum atomic E-state index is -0.667. The summed E-state index contributed by atoms with van der Waals surface area (Å²) in [6.45, 7) is 7.28. The monoisotopic (exact) mass is 559 g/mol. The maximum Gasteiger partial charge on any atom is 0.258 e. The van der Waals surface area contributed by atoms with Crippen molar-refractivity contribution < 1.29 is 23.5 Å². The van der Waals surface area contributed by atoms with Crippen molar-refractivity contribution in [3.05, 3.63) is 63.9 Å². The van der Waals surface area contributed by atoms with E-state index in [0.717, 1.165) is 0 Å². The normalized spacial score (nSPS) is 18.6. The molecule has 0 saturated carbocycles. The summed E-state index contributed by atoms with van der Waals surface area (Å²) >= 11 is 6.22. The number of carbonyl (C=O) groups is 3. The molecule has 0 spiro atoms. The van der Waals surface area contributed by atoms with Crippen LogP contribution in [0.3, 0.4) is 0 Å². The number of rotatable bonds is 2. The molecule has 1 aliphatic heterocycles. The minimum Gasteiger partial charge on any atom is -0.493 e. The average Bonchev–Trinajstić information content (AvgIpc) is 2.90. The van der Waals surface area contributed by atoms with Crippen LogP contribution in [0.25, 0.3) is 0 Å². The summed E-state index contributed by atoms with van der Waals surface area (Å²) in [5.74, 6) is -0.839. The largest absolute Gasteiger partial charge is 0.493 e. The number of benzene rings is 2. The highest BCUT2D eigenvalue weighted by molar-refractivity contribution is 6.31. The molecule has 2 aromatic rings. The Morgan fingerprint density at radius 2 is 1.67 bits per heavy atom. The Morgan fingerprint density at radius 3 is 2.33 bits per heavy atom. The molecule has 0 radical (unpaired) electrons. The van der Waals surface area contributed by atoms with Gasteiger partial charge in [-0.2, -0.15) is 0 Å². The molecule has 3 amide bonds.